The van der Waals surface area contributed by atoms with Crippen molar-refractivity contribution in [3.63, 3.8) is 0 Å². The van der Waals surface area contributed by atoms with Gasteiger partial charge in [0.15, 0.2) is 5.89 Å². The van der Waals surface area contributed by atoms with Crippen LogP contribution in [0.4, 0.5) is 0 Å². The van der Waals surface area contributed by atoms with Gasteiger partial charge in [-0.3, -0.25) is 4.90 Å². The third-order valence-corrected chi connectivity index (χ3v) is 5.31. The van der Waals surface area contributed by atoms with Crippen LogP contribution in [0.5, 0.6) is 0 Å². The Balaban J connectivity index is 1.51. The van der Waals surface area contributed by atoms with Crippen LogP contribution in [-0.4, -0.2) is 28.1 Å². The van der Waals surface area contributed by atoms with E-state index in [4.69, 9.17) is 4.42 Å². The topological polar surface area (TPSA) is 49.5 Å². The highest BCUT2D eigenvalue weighted by Crippen LogP contribution is 2.33. The molecule has 0 saturated carbocycles. The molecule has 1 aliphatic heterocycles. The Bertz CT molecular complexity index is 571. The Hall–Kier alpha value is -1.17. The smallest absolute Gasteiger partial charge is 0.196 e. The van der Waals surface area contributed by atoms with E-state index in [2.05, 4.69) is 23.7 Å². The molecule has 22 heavy (non-hydrogen) atoms. The van der Waals surface area contributed by atoms with Crippen LogP contribution in [-0.2, 0) is 6.54 Å². The van der Waals surface area contributed by atoms with E-state index in [0.717, 1.165) is 48.9 Å². The average Bonchev–Trinajstić information content (AvgIpc) is 3.19. The lowest BCUT2D eigenvalue weighted by molar-refractivity contribution is 0.0587. The van der Waals surface area contributed by atoms with Crippen LogP contribution in [0.15, 0.2) is 28.2 Å². The Morgan fingerprint density at radius 3 is 2.77 bits per heavy atom. The van der Waals surface area contributed by atoms with Gasteiger partial charge in [0.1, 0.15) is 6.26 Å². The maximum absolute atomic E-state index is 10.4. The lowest BCUT2D eigenvalue weighted by Crippen LogP contribution is -2.35. The molecule has 1 saturated heterocycles. The van der Waals surface area contributed by atoms with Crippen LogP contribution < -0.4 is 0 Å². The van der Waals surface area contributed by atoms with Gasteiger partial charge in [-0.1, -0.05) is 19.9 Å². The molecule has 2 aromatic heterocycles. The van der Waals surface area contributed by atoms with Gasteiger partial charge in [-0.2, -0.15) is 0 Å². The average molecular weight is 320 g/mol. The van der Waals surface area contributed by atoms with Gasteiger partial charge in [-0.05, 0) is 43.3 Å². The quantitative estimate of drug-likeness (QED) is 0.910. The summed E-state index contributed by atoms with van der Waals surface area (Å²) < 4.78 is 5.50. The largest absolute Gasteiger partial charge is 0.448 e. The fourth-order valence-electron chi connectivity index (χ4n) is 3.01. The van der Waals surface area contributed by atoms with Crippen molar-refractivity contribution in [3.05, 3.63) is 40.2 Å². The van der Waals surface area contributed by atoms with Gasteiger partial charge >= 0.3 is 0 Å². The fraction of sp³-hybridized carbons (Fsp3) is 0.588. The zero-order valence-corrected chi connectivity index (χ0v) is 14.1. The summed E-state index contributed by atoms with van der Waals surface area (Å²) in [5.41, 5.74) is 1.01. The highest BCUT2D eigenvalue weighted by molar-refractivity contribution is 7.10. The molecule has 5 heteroatoms. The van der Waals surface area contributed by atoms with Crippen molar-refractivity contribution in [1.82, 2.24) is 9.88 Å². The Morgan fingerprint density at radius 2 is 2.18 bits per heavy atom. The van der Waals surface area contributed by atoms with E-state index in [0.29, 0.717) is 11.8 Å². The molecule has 0 aliphatic carbocycles. The normalized spacial score (nSPS) is 18.9. The summed E-state index contributed by atoms with van der Waals surface area (Å²) in [4.78, 5) is 8.04. The molecule has 1 atom stereocenters. The number of oxazole rings is 1. The minimum absolute atomic E-state index is 0.304. The van der Waals surface area contributed by atoms with Gasteiger partial charge in [0.25, 0.3) is 0 Å². The second-order valence-electron chi connectivity index (χ2n) is 6.41. The van der Waals surface area contributed by atoms with Crippen LogP contribution in [0.3, 0.4) is 0 Å². The summed E-state index contributed by atoms with van der Waals surface area (Å²) in [5, 5.41) is 12.5. The molecule has 1 aliphatic rings. The monoisotopic (exact) mass is 320 g/mol. The van der Waals surface area contributed by atoms with Gasteiger partial charge in [0, 0.05) is 17.3 Å². The molecule has 4 nitrogen and oxygen atoms in total. The first-order valence-electron chi connectivity index (χ1n) is 8.01. The number of aliphatic hydroxyl groups excluding tert-OH is 1. The van der Waals surface area contributed by atoms with Gasteiger partial charge in [-0.25, -0.2) is 4.98 Å². The summed E-state index contributed by atoms with van der Waals surface area (Å²) in [5.74, 6) is 1.52. The van der Waals surface area contributed by atoms with Crippen molar-refractivity contribution in [2.45, 2.75) is 45.3 Å². The number of hydrogen-bond donors (Lipinski definition) is 1. The number of aliphatic hydroxyl groups is 1. The standard InChI is InChI=1S/C17H24N2O2S/c1-12(2)17-18-14(11-21-17)10-19-7-5-13(6-8-19)16(20)15-4-3-9-22-15/h3-4,9,11-13,16,20H,5-8,10H2,1-2H3/t16-/m0/s1. The van der Waals surface area contributed by atoms with Crippen molar-refractivity contribution in [3.8, 4) is 0 Å². The summed E-state index contributed by atoms with van der Waals surface area (Å²) in [7, 11) is 0. The molecule has 0 aromatic carbocycles. The van der Waals surface area contributed by atoms with Gasteiger partial charge in [0.05, 0.1) is 11.8 Å². The molecule has 1 fully saturated rings. The van der Waals surface area contributed by atoms with Crippen molar-refractivity contribution in [1.29, 1.82) is 0 Å². The third-order valence-electron chi connectivity index (χ3n) is 4.36. The molecule has 0 radical (unpaired) electrons. The Kier molecular flexibility index (Phi) is 4.96. The minimum atomic E-state index is -0.304. The summed E-state index contributed by atoms with van der Waals surface area (Å²) >= 11 is 1.65. The number of rotatable bonds is 5. The minimum Gasteiger partial charge on any atom is -0.448 e. The first kappa shape index (κ1) is 15.7. The van der Waals surface area contributed by atoms with Crippen molar-refractivity contribution in [2.75, 3.05) is 13.1 Å². The van der Waals surface area contributed by atoms with Crippen LogP contribution in [0.1, 0.15) is 55.2 Å². The van der Waals surface area contributed by atoms with E-state index >= 15 is 0 Å². The second-order valence-corrected chi connectivity index (χ2v) is 7.38. The molecule has 1 N–H and O–H groups in total. The summed E-state index contributed by atoms with van der Waals surface area (Å²) in [6.45, 7) is 7.05. The van der Waals surface area contributed by atoms with Crippen LogP contribution >= 0.6 is 11.3 Å². The zero-order valence-electron chi connectivity index (χ0n) is 13.2. The first-order chi connectivity index (χ1) is 10.6. The lowest BCUT2D eigenvalue weighted by atomic mass is 9.90. The SMILES string of the molecule is CC(C)c1nc(CN2CCC([C@H](O)c3cccs3)CC2)co1. The zero-order chi connectivity index (χ0) is 15.5. The molecule has 120 valence electrons. The predicted molar refractivity (Wildman–Crippen MR) is 87.9 cm³/mol. The summed E-state index contributed by atoms with van der Waals surface area (Å²) in [6, 6.07) is 4.04. The van der Waals surface area contributed by atoms with Crippen LogP contribution in [0.2, 0.25) is 0 Å². The first-order valence-corrected chi connectivity index (χ1v) is 8.89. The Labute approximate surface area is 135 Å². The lowest BCUT2D eigenvalue weighted by Gasteiger charge is -2.33. The van der Waals surface area contributed by atoms with Crippen molar-refractivity contribution >= 4 is 11.3 Å². The molecular weight excluding hydrogens is 296 g/mol. The van der Waals surface area contributed by atoms with E-state index in [1.165, 1.54) is 0 Å². The van der Waals surface area contributed by atoms with Crippen molar-refractivity contribution in [2.24, 2.45) is 5.92 Å². The highest BCUT2D eigenvalue weighted by Gasteiger charge is 2.27. The molecular formula is C17H24N2O2S. The summed E-state index contributed by atoms with van der Waals surface area (Å²) in [6.07, 6.45) is 3.55. The maximum Gasteiger partial charge on any atom is 0.196 e. The fourth-order valence-corrected chi connectivity index (χ4v) is 3.81. The molecule has 0 spiro atoms. The van der Waals surface area contributed by atoms with E-state index < -0.39 is 0 Å². The number of thiophene rings is 1. The van der Waals surface area contributed by atoms with Gasteiger partial charge in [0.2, 0.25) is 0 Å². The predicted octanol–water partition coefficient (Wildman–Crippen LogP) is 3.81. The van der Waals surface area contributed by atoms with Gasteiger partial charge in [-0.15, -0.1) is 11.3 Å². The number of nitrogens with zero attached hydrogens (tertiary/aromatic N) is 2. The van der Waals surface area contributed by atoms with E-state index in [9.17, 15) is 5.11 Å². The molecule has 0 unspecified atom stereocenters. The number of hydrogen-bond acceptors (Lipinski definition) is 5. The maximum atomic E-state index is 10.4. The molecule has 2 aromatic rings. The molecule has 3 rings (SSSR count). The van der Waals surface area contributed by atoms with E-state index in [1.54, 1.807) is 17.6 Å². The van der Waals surface area contributed by atoms with Crippen LogP contribution in [0, 0.1) is 5.92 Å². The number of likely N-dealkylation sites (tertiary alicyclic amines) is 1. The third kappa shape index (κ3) is 3.59. The van der Waals surface area contributed by atoms with E-state index in [1.807, 2.05) is 17.5 Å². The molecule has 3 heterocycles. The molecule has 0 bridgehead atoms. The number of piperidine rings is 1. The Morgan fingerprint density at radius 1 is 1.41 bits per heavy atom. The van der Waals surface area contributed by atoms with Crippen LogP contribution in [0.25, 0.3) is 0 Å². The molecule has 0 amide bonds. The number of aromatic nitrogens is 1. The second kappa shape index (κ2) is 6.94. The van der Waals surface area contributed by atoms with E-state index in [-0.39, 0.29) is 6.10 Å². The van der Waals surface area contributed by atoms with Gasteiger partial charge < -0.3 is 9.52 Å². The highest BCUT2D eigenvalue weighted by atomic mass is 32.1. The van der Waals surface area contributed by atoms with Crippen molar-refractivity contribution < 1.29 is 9.52 Å².